The van der Waals surface area contributed by atoms with Gasteiger partial charge in [-0.1, -0.05) is 12.1 Å². The van der Waals surface area contributed by atoms with Gasteiger partial charge in [-0.2, -0.15) is 0 Å². The molecule has 2 aliphatic rings. The van der Waals surface area contributed by atoms with Crippen molar-refractivity contribution in [2.24, 2.45) is 11.8 Å². The quantitative estimate of drug-likeness (QED) is 0.368. The highest BCUT2D eigenvalue weighted by Crippen LogP contribution is 2.50. The fourth-order valence-electron chi connectivity index (χ4n) is 3.27. The summed E-state index contributed by atoms with van der Waals surface area (Å²) >= 11 is 0. The van der Waals surface area contributed by atoms with E-state index in [0.29, 0.717) is 31.6 Å². The van der Waals surface area contributed by atoms with Gasteiger partial charge in [0.05, 0.1) is 24.1 Å². The zero-order valence-corrected chi connectivity index (χ0v) is 11.9. The van der Waals surface area contributed by atoms with Gasteiger partial charge in [-0.15, -0.1) is 0 Å². The van der Waals surface area contributed by atoms with Crippen LogP contribution in [0.25, 0.3) is 0 Å². The standard InChI is InChI=1S/C14H17N3O5/c15-16-13(18)12(9-2-1-3-11(6-9)17(19)20)10-7-14(8-10)21-4-5-22-14/h1-3,6,10,12H,4-5,7-8,15H2,(H,16,18). The molecule has 0 bridgehead atoms. The number of carbonyl (C=O) groups is 1. The number of nitro groups is 1. The Labute approximate surface area is 126 Å². The summed E-state index contributed by atoms with van der Waals surface area (Å²) in [4.78, 5) is 22.6. The molecule has 1 aromatic carbocycles. The van der Waals surface area contributed by atoms with E-state index in [4.69, 9.17) is 15.3 Å². The number of hydrogen-bond donors (Lipinski definition) is 2. The third-order valence-corrected chi connectivity index (χ3v) is 4.30. The van der Waals surface area contributed by atoms with Crippen molar-refractivity contribution in [3.05, 3.63) is 39.9 Å². The number of non-ortho nitro benzene ring substituents is 1. The Morgan fingerprint density at radius 3 is 2.68 bits per heavy atom. The predicted molar refractivity (Wildman–Crippen MR) is 75.5 cm³/mol. The molecule has 1 spiro atoms. The second-order valence-corrected chi connectivity index (χ2v) is 5.61. The molecule has 0 aromatic heterocycles. The summed E-state index contributed by atoms with van der Waals surface area (Å²) < 4.78 is 11.1. The lowest BCUT2D eigenvalue weighted by atomic mass is 9.68. The van der Waals surface area contributed by atoms with Crippen molar-refractivity contribution < 1.29 is 19.2 Å². The monoisotopic (exact) mass is 307 g/mol. The van der Waals surface area contributed by atoms with E-state index in [0.717, 1.165) is 0 Å². The molecular weight excluding hydrogens is 290 g/mol. The fraction of sp³-hybridized carbons (Fsp3) is 0.500. The van der Waals surface area contributed by atoms with Crippen LogP contribution in [0.15, 0.2) is 24.3 Å². The molecule has 1 aromatic rings. The first-order valence-electron chi connectivity index (χ1n) is 7.07. The summed E-state index contributed by atoms with van der Waals surface area (Å²) in [5.74, 6) is 3.75. The normalized spacial score (nSPS) is 21.3. The first kappa shape index (κ1) is 14.9. The number of ether oxygens (including phenoxy) is 2. The van der Waals surface area contributed by atoms with Crippen LogP contribution < -0.4 is 11.3 Å². The highest BCUT2D eigenvalue weighted by molar-refractivity contribution is 5.83. The highest BCUT2D eigenvalue weighted by Gasteiger charge is 2.53. The van der Waals surface area contributed by atoms with E-state index in [9.17, 15) is 14.9 Å². The number of benzene rings is 1. The summed E-state index contributed by atoms with van der Waals surface area (Å²) in [6.07, 6.45) is 1.15. The number of hydrazine groups is 1. The topological polar surface area (TPSA) is 117 Å². The Morgan fingerprint density at radius 1 is 1.41 bits per heavy atom. The lowest BCUT2D eigenvalue weighted by Gasteiger charge is -2.45. The molecule has 8 nitrogen and oxygen atoms in total. The fourth-order valence-corrected chi connectivity index (χ4v) is 3.27. The van der Waals surface area contributed by atoms with E-state index in [-0.39, 0.29) is 17.5 Å². The Balaban J connectivity index is 1.83. The van der Waals surface area contributed by atoms with Crippen LogP contribution in [0.2, 0.25) is 0 Å². The first-order valence-corrected chi connectivity index (χ1v) is 7.07. The van der Waals surface area contributed by atoms with E-state index >= 15 is 0 Å². The highest BCUT2D eigenvalue weighted by atomic mass is 16.7. The number of nitrogens with one attached hydrogen (secondary N) is 1. The second kappa shape index (κ2) is 5.64. The molecule has 8 heteroatoms. The zero-order valence-electron chi connectivity index (χ0n) is 11.9. The van der Waals surface area contributed by atoms with Crippen LogP contribution in [-0.4, -0.2) is 29.8 Å². The van der Waals surface area contributed by atoms with Gasteiger partial charge in [0.2, 0.25) is 5.91 Å². The van der Waals surface area contributed by atoms with Gasteiger partial charge in [0.15, 0.2) is 5.79 Å². The van der Waals surface area contributed by atoms with Crippen LogP contribution in [0, 0.1) is 16.0 Å². The Kier molecular flexibility index (Phi) is 3.81. The molecule has 1 saturated carbocycles. The summed E-state index contributed by atoms with van der Waals surface area (Å²) in [5, 5.41) is 10.9. The number of nitrogens with two attached hydrogens (primary N) is 1. The van der Waals surface area contributed by atoms with Gasteiger partial charge < -0.3 is 9.47 Å². The van der Waals surface area contributed by atoms with Crippen molar-refractivity contribution in [3.63, 3.8) is 0 Å². The van der Waals surface area contributed by atoms with E-state index in [1.807, 2.05) is 0 Å². The molecule has 1 aliphatic carbocycles. The zero-order chi connectivity index (χ0) is 15.7. The molecule has 1 heterocycles. The van der Waals surface area contributed by atoms with Crippen molar-refractivity contribution in [2.45, 2.75) is 24.5 Å². The molecule has 1 saturated heterocycles. The molecular formula is C14H17N3O5. The summed E-state index contributed by atoms with van der Waals surface area (Å²) in [6.45, 7) is 1.11. The minimum Gasteiger partial charge on any atom is -0.348 e. The van der Waals surface area contributed by atoms with Crippen LogP contribution in [0.3, 0.4) is 0 Å². The summed E-state index contributed by atoms with van der Waals surface area (Å²) in [6, 6.07) is 6.09. The maximum absolute atomic E-state index is 12.1. The average Bonchev–Trinajstić information content (AvgIpc) is 2.97. The Hall–Kier alpha value is -2.03. The van der Waals surface area contributed by atoms with E-state index in [1.54, 1.807) is 12.1 Å². The van der Waals surface area contributed by atoms with Gasteiger partial charge in [-0.05, 0) is 11.5 Å². The van der Waals surface area contributed by atoms with Crippen LogP contribution in [-0.2, 0) is 14.3 Å². The van der Waals surface area contributed by atoms with Crippen LogP contribution in [0.5, 0.6) is 0 Å². The largest absolute Gasteiger partial charge is 0.348 e. The van der Waals surface area contributed by atoms with Gasteiger partial charge in [0.1, 0.15) is 0 Å². The van der Waals surface area contributed by atoms with Crippen molar-refractivity contribution in [1.29, 1.82) is 0 Å². The van der Waals surface area contributed by atoms with Gasteiger partial charge in [0.25, 0.3) is 5.69 Å². The molecule has 118 valence electrons. The van der Waals surface area contributed by atoms with Crippen LogP contribution in [0.1, 0.15) is 24.3 Å². The maximum atomic E-state index is 12.1. The van der Waals surface area contributed by atoms with Gasteiger partial charge >= 0.3 is 0 Å². The Morgan fingerprint density at radius 2 is 2.09 bits per heavy atom. The maximum Gasteiger partial charge on any atom is 0.269 e. The van der Waals surface area contributed by atoms with E-state index in [1.165, 1.54) is 12.1 Å². The summed E-state index contributed by atoms with van der Waals surface area (Å²) in [5.41, 5.74) is 2.68. The van der Waals surface area contributed by atoms with Crippen molar-refractivity contribution in [2.75, 3.05) is 13.2 Å². The molecule has 0 radical (unpaired) electrons. The van der Waals surface area contributed by atoms with Crippen LogP contribution >= 0.6 is 0 Å². The number of rotatable bonds is 4. The number of carbonyl (C=O) groups excluding carboxylic acids is 1. The van der Waals surface area contributed by atoms with Gasteiger partial charge in [-0.25, -0.2) is 5.84 Å². The second-order valence-electron chi connectivity index (χ2n) is 5.61. The minimum absolute atomic E-state index is 0.0244. The first-order chi connectivity index (χ1) is 10.5. The van der Waals surface area contributed by atoms with Crippen molar-refractivity contribution >= 4 is 11.6 Å². The number of amides is 1. The number of hydrogen-bond acceptors (Lipinski definition) is 6. The molecule has 3 N–H and O–H groups in total. The lowest BCUT2D eigenvalue weighted by Crippen LogP contribution is -2.50. The molecule has 1 unspecified atom stereocenters. The molecule has 1 amide bonds. The van der Waals surface area contributed by atoms with E-state index in [2.05, 4.69) is 5.43 Å². The van der Waals surface area contributed by atoms with E-state index < -0.39 is 16.6 Å². The summed E-state index contributed by atoms with van der Waals surface area (Å²) in [7, 11) is 0. The third-order valence-electron chi connectivity index (χ3n) is 4.30. The minimum atomic E-state index is -0.585. The molecule has 2 fully saturated rings. The third kappa shape index (κ3) is 2.56. The number of nitrogens with zero attached hydrogens (tertiary/aromatic N) is 1. The average molecular weight is 307 g/mol. The Bertz CT molecular complexity index is 592. The predicted octanol–water partition coefficient (Wildman–Crippen LogP) is 0.821. The van der Waals surface area contributed by atoms with Crippen molar-refractivity contribution in [3.8, 4) is 0 Å². The van der Waals surface area contributed by atoms with Crippen LogP contribution in [0.4, 0.5) is 5.69 Å². The molecule has 1 atom stereocenters. The molecule has 1 aliphatic heterocycles. The van der Waals surface area contributed by atoms with Crippen molar-refractivity contribution in [1.82, 2.24) is 5.43 Å². The SMILES string of the molecule is NNC(=O)C(c1cccc([N+](=O)[O-])c1)C1CC2(C1)OCCO2. The lowest BCUT2D eigenvalue weighted by molar-refractivity contribution is -0.384. The molecule has 3 rings (SSSR count). The smallest absolute Gasteiger partial charge is 0.269 e. The number of nitro benzene ring substituents is 1. The molecule has 22 heavy (non-hydrogen) atoms. The van der Waals surface area contributed by atoms with Gasteiger partial charge in [-0.3, -0.25) is 20.3 Å². The van der Waals surface area contributed by atoms with Gasteiger partial charge in [0, 0.05) is 25.0 Å².